The van der Waals surface area contributed by atoms with Crippen LogP contribution >= 0.6 is 22.6 Å². The summed E-state index contributed by atoms with van der Waals surface area (Å²) in [6.45, 7) is 5.40. The normalized spacial score (nSPS) is 20.0. The Morgan fingerprint density at radius 1 is 1.38 bits per heavy atom. The van der Waals surface area contributed by atoms with Gasteiger partial charge in [-0.3, -0.25) is 0 Å². The van der Waals surface area contributed by atoms with Gasteiger partial charge in [0, 0.05) is 14.7 Å². The summed E-state index contributed by atoms with van der Waals surface area (Å²) in [6.07, 6.45) is 2.10. The van der Waals surface area contributed by atoms with Crippen molar-refractivity contribution in [2.45, 2.75) is 38.9 Å². The Balaban J connectivity index is 2.49. The second-order valence-corrected chi connectivity index (χ2v) is 6.70. The summed E-state index contributed by atoms with van der Waals surface area (Å²) in [7, 11) is 0. The Kier molecular flexibility index (Phi) is 4.88. The van der Waals surface area contributed by atoms with Gasteiger partial charge in [0.1, 0.15) is 0 Å². The van der Waals surface area contributed by atoms with Gasteiger partial charge in [-0.05, 0) is 54.5 Å². The molecule has 0 aliphatic carbocycles. The molecule has 0 spiro atoms. The molecule has 1 atom stereocenters. The van der Waals surface area contributed by atoms with E-state index in [4.69, 9.17) is 4.74 Å². The van der Waals surface area contributed by atoms with Gasteiger partial charge in [-0.2, -0.15) is 0 Å². The quantitative estimate of drug-likeness (QED) is 0.614. The van der Waals surface area contributed by atoms with Crippen LogP contribution < -0.4 is 0 Å². The van der Waals surface area contributed by atoms with Gasteiger partial charge in [0.25, 0.3) is 0 Å². The minimum absolute atomic E-state index is 0.266. The highest BCUT2D eigenvalue weighted by Gasteiger charge is 2.33. The van der Waals surface area contributed by atoms with Gasteiger partial charge < -0.3 is 9.84 Å². The molecule has 1 aliphatic rings. The molecular formula is C17H19IO3. The Bertz CT molecular complexity index is 594. The average molecular weight is 398 g/mol. The van der Waals surface area contributed by atoms with E-state index in [9.17, 15) is 9.90 Å². The molecule has 2 rings (SSSR count). The van der Waals surface area contributed by atoms with Crippen LogP contribution in [0.25, 0.3) is 0 Å². The number of carbonyl (C=O) groups is 1. The number of carbonyl (C=O) groups excluding carboxylic acids is 1. The van der Waals surface area contributed by atoms with Gasteiger partial charge in [-0.15, -0.1) is 0 Å². The first-order valence-electron chi connectivity index (χ1n) is 6.93. The lowest BCUT2D eigenvalue weighted by Crippen LogP contribution is -2.18. The van der Waals surface area contributed by atoms with Crippen LogP contribution in [-0.4, -0.2) is 16.7 Å². The first-order valence-corrected chi connectivity index (χ1v) is 8.01. The number of ether oxygens (including phenoxy) is 1. The summed E-state index contributed by atoms with van der Waals surface area (Å²) < 4.78 is 6.31. The molecule has 0 aromatic heterocycles. The fourth-order valence-corrected chi connectivity index (χ4v) is 2.55. The molecule has 1 N–H and O–H groups in total. The number of hydrogen-bond donors (Lipinski definition) is 1. The molecule has 3 nitrogen and oxygen atoms in total. The van der Waals surface area contributed by atoms with Crippen LogP contribution in [0, 0.1) is 0 Å². The van der Waals surface area contributed by atoms with Crippen molar-refractivity contribution in [3.63, 3.8) is 0 Å². The van der Waals surface area contributed by atoms with Crippen molar-refractivity contribution < 1.29 is 14.6 Å². The molecule has 4 heteroatoms. The zero-order valence-corrected chi connectivity index (χ0v) is 14.5. The highest BCUT2D eigenvalue weighted by Crippen LogP contribution is 2.39. The smallest absolute Gasteiger partial charge is 0.335 e. The fourth-order valence-electron chi connectivity index (χ4n) is 2.22. The lowest BCUT2D eigenvalue weighted by atomic mass is 9.96. The maximum absolute atomic E-state index is 12.1. The van der Waals surface area contributed by atoms with Crippen molar-refractivity contribution in [1.29, 1.82) is 0 Å². The van der Waals surface area contributed by atoms with Crippen molar-refractivity contribution in [1.82, 2.24) is 0 Å². The lowest BCUT2D eigenvalue weighted by molar-refractivity contribution is -0.140. The maximum Gasteiger partial charge on any atom is 0.335 e. The van der Waals surface area contributed by atoms with E-state index in [1.807, 2.05) is 43.3 Å². The Labute approximate surface area is 138 Å². The first kappa shape index (κ1) is 16.2. The summed E-state index contributed by atoms with van der Waals surface area (Å²) in [5.74, 6) is -0.266. The molecule has 0 fully saturated rings. The SMILES string of the molecule is CCC1=C(/C=C(\I)C(C)(C)O)C(c2ccccc2)OC1=O. The number of halogens is 1. The van der Waals surface area contributed by atoms with Crippen LogP contribution in [0.5, 0.6) is 0 Å². The van der Waals surface area contributed by atoms with E-state index in [0.717, 1.165) is 14.7 Å². The Hall–Kier alpha value is -1.14. The zero-order valence-electron chi connectivity index (χ0n) is 12.4. The summed E-state index contributed by atoms with van der Waals surface area (Å²) in [4.78, 5) is 12.1. The number of esters is 1. The molecule has 1 aliphatic heterocycles. The third kappa shape index (κ3) is 3.55. The van der Waals surface area contributed by atoms with E-state index in [-0.39, 0.29) is 12.1 Å². The summed E-state index contributed by atoms with van der Waals surface area (Å²) in [5.41, 5.74) is 1.54. The highest BCUT2D eigenvalue weighted by atomic mass is 127. The topological polar surface area (TPSA) is 46.5 Å². The molecule has 0 amide bonds. The number of hydrogen-bond acceptors (Lipinski definition) is 3. The van der Waals surface area contributed by atoms with E-state index in [1.54, 1.807) is 13.8 Å². The number of benzene rings is 1. The van der Waals surface area contributed by atoms with Crippen LogP contribution in [-0.2, 0) is 9.53 Å². The fraction of sp³-hybridized carbons (Fsp3) is 0.353. The van der Waals surface area contributed by atoms with Crippen molar-refractivity contribution in [2.75, 3.05) is 0 Å². The standard InChI is InChI=1S/C17H19IO3/c1-4-12-13(10-14(18)17(2,3)20)15(21-16(12)19)11-8-6-5-7-9-11/h5-10,15,20H,4H2,1-3H3/b14-10-. The largest absolute Gasteiger partial charge is 0.449 e. The van der Waals surface area contributed by atoms with E-state index >= 15 is 0 Å². The van der Waals surface area contributed by atoms with Gasteiger partial charge in [-0.25, -0.2) is 4.79 Å². The predicted octanol–water partition coefficient (Wildman–Crippen LogP) is 4.08. The molecule has 112 valence electrons. The molecule has 0 bridgehead atoms. The van der Waals surface area contributed by atoms with Crippen molar-refractivity contribution in [2.24, 2.45) is 0 Å². The molecule has 1 unspecified atom stereocenters. The molecule has 21 heavy (non-hydrogen) atoms. The maximum atomic E-state index is 12.1. The van der Waals surface area contributed by atoms with E-state index in [0.29, 0.717) is 12.0 Å². The molecule has 0 saturated heterocycles. The summed E-state index contributed by atoms with van der Waals surface area (Å²) in [5, 5.41) is 10.1. The summed E-state index contributed by atoms with van der Waals surface area (Å²) in [6, 6.07) is 9.67. The number of rotatable bonds is 4. The molecule has 1 aromatic carbocycles. The minimum Gasteiger partial charge on any atom is -0.449 e. The second-order valence-electron chi connectivity index (χ2n) is 5.53. The van der Waals surface area contributed by atoms with Crippen molar-refractivity contribution in [3.8, 4) is 0 Å². The third-order valence-electron chi connectivity index (χ3n) is 3.42. The zero-order chi connectivity index (χ0) is 15.6. The van der Waals surface area contributed by atoms with Crippen molar-refractivity contribution in [3.05, 3.63) is 56.7 Å². The third-order valence-corrected chi connectivity index (χ3v) is 5.06. The average Bonchev–Trinajstić information content (AvgIpc) is 2.75. The van der Waals surface area contributed by atoms with Gasteiger partial charge in [0.05, 0.1) is 5.60 Å². The highest BCUT2D eigenvalue weighted by molar-refractivity contribution is 14.1. The number of cyclic esters (lactones) is 1. The molecular weight excluding hydrogens is 379 g/mol. The molecule has 0 saturated carbocycles. The van der Waals surface area contributed by atoms with Crippen LogP contribution in [0.3, 0.4) is 0 Å². The monoisotopic (exact) mass is 398 g/mol. The molecule has 1 heterocycles. The van der Waals surface area contributed by atoms with Crippen LogP contribution in [0.15, 0.2) is 51.1 Å². The van der Waals surface area contributed by atoms with Crippen LogP contribution in [0.4, 0.5) is 0 Å². The van der Waals surface area contributed by atoms with E-state index < -0.39 is 5.60 Å². The molecule has 1 aromatic rings. The van der Waals surface area contributed by atoms with Crippen LogP contribution in [0.1, 0.15) is 38.9 Å². The molecule has 0 radical (unpaired) electrons. The Morgan fingerprint density at radius 3 is 2.52 bits per heavy atom. The van der Waals surface area contributed by atoms with Gasteiger partial charge in [-0.1, -0.05) is 37.3 Å². The van der Waals surface area contributed by atoms with Gasteiger partial charge >= 0.3 is 5.97 Å². The lowest BCUT2D eigenvalue weighted by Gasteiger charge is -2.18. The van der Waals surface area contributed by atoms with Gasteiger partial charge in [0.2, 0.25) is 0 Å². The second kappa shape index (κ2) is 6.32. The van der Waals surface area contributed by atoms with Crippen LogP contribution in [0.2, 0.25) is 0 Å². The minimum atomic E-state index is -0.931. The van der Waals surface area contributed by atoms with Gasteiger partial charge in [0.15, 0.2) is 6.10 Å². The first-order chi connectivity index (χ1) is 9.84. The van der Waals surface area contributed by atoms with E-state index in [1.165, 1.54) is 0 Å². The summed E-state index contributed by atoms with van der Waals surface area (Å²) >= 11 is 2.11. The predicted molar refractivity (Wildman–Crippen MR) is 91.0 cm³/mol. The van der Waals surface area contributed by atoms with Crippen molar-refractivity contribution >= 4 is 28.6 Å². The number of aliphatic hydroxyl groups is 1. The Morgan fingerprint density at radius 2 is 2.00 bits per heavy atom. The van der Waals surface area contributed by atoms with E-state index in [2.05, 4.69) is 22.6 Å².